The van der Waals surface area contributed by atoms with Crippen LogP contribution in [0.3, 0.4) is 0 Å². The van der Waals surface area contributed by atoms with E-state index >= 15 is 0 Å². The first-order chi connectivity index (χ1) is 12.9. The average molecular weight is 407 g/mol. The molecule has 0 saturated carbocycles. The second-order valence-corrected chi connectivity index (χ2v) is 9.79. The van der Waals surface area contributed by atoms with Crippen molar-refractivity contribution in [3.05, 3.63) is 10.4 Å². The Morgan fingerprint density at radius 1 is 1.30 bits per heavy atom. The van der Waals surface area contributed by atoms with Gasteiger partial charge in [0.2, 0.25) is 5.91 Å². The predicted octanol–water partition coefficient (Wildman–Crippen LogP) is 3.13. The first kappa shape index (κ1) is 19.0. The van der Waals surface area contributed by atoms with Crippen molar-refractivity contribution in [1.82, 2.24) is 14.9 Å². The zero-order valence-corrected chi connectivity index (χ0v) is 17.7. The number of ether oxygens (including phenoxy) is 1. The van der Waals surface area contributed by atoms with Crippen molar-refractivity contribution in [3.8, 4) is 0 Å². The Bertz CT molecular complexity index is 859. The minimum absolute atomic E-state index is 0.0748. The molecule has 2 aromatic rings. The fraction of sp³-hybridized carbons (Fsp3) is 0.632. The zero-order valence-electron chi connectivity index (χ0n) is 16.0. The minimum Gasteiger partial charge on any atom is -0.383 e. The van der Waals surface area contributed by atoms with Crippen molar-refractivity contribution >= 4 is 45.0 Å². The molecule has 3 heterocycles. The van der Waals surface area contributed by atoms with Crippen molar-refractivity contribution in [1.29, 1.82) is 0 Å². The number of nitrogens with two attached hydrogens (primary N) is 1. The highest BCUT2D eigenvalue weighted by Crippen LogP contribution is 2.39. The molecular formula is C19H26N4O2S2. The number of hydrogen-bond acceptors (Lipinski definition) is 7. The summed E-state index contributed by atoms with van der Waals surface area (Å²) in [6, 6.07) is 0. The second kappa shape index (κ2) is 7.56. The zero-order chi connectivity index (χ0) is 19.1. The van der Waals surface area contributed by atoms with Crippen LogP contribution >= 0.6 is 23.1 Å². The maximum Gasteiger partial charge on any atom is 0.233 e. The lowest BCUT2D eigenvalue weighted by Crippen LogP contribution is -2.48. The smallest absolute Gasteiger partial charge is 0.233 e. The molecule has 1 aliphatic carbocycles. The van der Waals surface area contributed by atoms with Crippen LogP contribution in [-0.2, 0) is 22.4 Å². The van der Waals surface area contributed by atoms with Crippen LogP contribution in [-0.4, -0.2) is 51.8 Å². The van der Waals surface area contributed by atoms with Gasteiger partial charge in [0.1, 0.15) is 10.6 Å². The monoisotopic (exact) mass is 406 g/mol. The van der Waals surface area contributed by atoms with Gasteiger partial charge in [-0.05, 0) is 44.6 Å². The molecule has 0 radical (unpaired) electrons. The number of morpholine rings is 1. The second-order valence-electron chi connectivity index (χ2n) is 7.77. The highest BCUT2D eigenvalue weighted by Gasteiger charge is 2.27. The van der Waals surface area contributed by atoms with E-state index in [1.807, 2.05) is 18.7 Å². The number of fused-ring (bicyclic) bond motifs is 3. The summed E-state index contributed by atoms with van der Waals surface area (Å²) in [5.41, 5.74) is 7.62. The van der Waals surface area contributed by atoms with Gasteiger partial charge in [0.25, 0.3) is 0 Å². The van der Waals surface area contributed by atoms with Crippen LogP contribution in [0.2, 0.25) is 0 Å². The van der Waals surface area contributed by atoms with Gasteiger partial charge in [-0.3, -0.25) is 4.79 Å². The third kappa shape index (κ3) is 3.93. The summed E-state index contributed by atoms with van der Waals surface area (Å²) in [5.74, 6) is 1.69. The molecule has 6 nitrogen and oxygen atoms in total. The van der Waals surface area contributed by atoms with E-state index in [0.29, 0.717) is 35.7 Å². The molecular weight excluding hydrogens is 380 g/mol. The van der Waals surface area contributed by atoms with E-state index in [1.54, 1.807) is 11.3 Å². The normalized spacial score (nSPS) is 25.6. The number of aromatic nitrogens is 2. The van der Waals surface area contributed by atoms with Crippen LogP contribution < -0.4 is 5.73 Å². The number of nitrogens with zero attached hydrogens (tertiary/aromatic N) is 3. The standard InChI is InChI=1S/C19H26N4O2S2/c1-10-4-5-13-14(6-10)27-18-16(13)17(20)21-19(22-18)26-9-15(24)23-7-11(2)25-12(3)8-23/h10-12H,4-9H2,1-3H3,(H2,20,21,22)/t10-,11-,12+/m1/s1. The molecule has 8 heteroatoms. The Morgan fingerprint density at radius 3 is 2.78 bits per heavy atom. The quantitative estimate of drug-likeness (QED) is 0.623. The average Bonchev–Trinajstić information content (AvgIpc) is 2.96. The summed E-state index contributed by atoms with van der Waals surface area (Å²) < 4.78 is 5.70. The Kier molecular flexibility index (Phi) is 5.31. The third-order valence-corrected chi connectivity index (χ3v) is 7.24. The number of carbonyl (C=O) groups is 1. The molecule has 27 heavy (non-hydrogen) atoms. The molecule has 1 fully saturated rings. The van der Waals surface area contributed by atoms with Crippen LogP contribution in [0.25, 0.3) is 10.2 Å². The molecule has 2 aliphatic rings. The van der Waals surface area contributed by atoms with Gasteiger partial charge in [-0.2, -0.15) is 0 Å². The Hall–Kier alpha value is -1.38. The molecule has 0 aromatic carbocycles. The van der Waals surface area contributed by atoms with Gasteiger partial charge >= 0.3 is 0 Å². The Morgan fingerprint density at radius 2 is 2.04 bits per heavy atom. The van der Waals surface area contributed by atoms with Crippen molar-refractivity contribution in [2.45, 2.75) is 57.4 Å². The lowest BCUT2D eigenvalue weighted by molar-refractivity contribution is -0.140. The van der Waals surface area contributed by atoms with Crippen molar-refractivity contribution in [3.63, 3.8) is 0 Å². The molecule has 0 spiro atoms. The van der Waals surface area contributed by atoms with E-state index in [2.05, 4.69) is 11.9 Å². The lowest BCUT2D eigenvalue weighted by atomic mass is 9.89. The Labute approximate surface area is 167 Å². The van der Waals surface area contributed by atoms with Crippen molar-refractivity contribution in [2.24, 2.45) is 5.92 Å². The van der Waals surface area contributed by atoms with Gasteiger partial charge in [0.15, 0.2) is 5.16 Å². The van der Waals surface area contributed by atoms with Gasteiger partial charge in [0, 0.05) is 18.0 Å². The van der Waals surface area contributed by atoms with Gasteiger partial charge in [-0.15, -0.1) is 11.3 Å². The molecule has 2 N–H and O–H groups in total. The Balaban J connectivity index is 1.49. The van der Waals surface area contributed by atoms with Gasteiger partial charge in [-0.1, -0.05) is 18.7 Å². The van der Waals surface area contributed by atoms with E-state index in [4.69, 9.17) is 15.5 Å². The van der Waals surface area contributed by atoms with Gasteiger partial charge in [-0.25, -0.2) is 9.97 Å². The van der Waals surface area contributed by atoms with Crippen molar-refractivity contribution in [2.75, 3.05) is 24.6 Å². The van der Waals surface area contributed by atoms with Crippen LogP contribution in [0.1, 0.15) is 37.6 Å². The maximum atomic E-state index is 12.6. The summed E-state index contributed by atoms with van der Waals surface area (Å²) in [6.45, 7) is 7.58. The molecule has 3 atom stereocenters. The van der Waals surface area contributed by atoms with Crippen molar-refractivity contribution < 1.29 is 9.53 Å². The highest BCUT2D eigenvalue weighted by atomic mass is 32.2. The first-order valence-electron chi connectivity index (χ1n) is 9.54. The number of anilines is 1. The summed E-state index contributed by atoms with van der Waals surface area (Å²) >= 11 is 3.11. The molecule has 0 unspecified atom stereocenters. The van der Waals surface area contributed by atoms with Crippen LogP contribution in [0.5, 0.6) is 0 Å². The highest BCUT2D eigenvalue weighted by molar-refractivity contribution is 7.99. The fourth-order valence-corrected chi connectivity index (χ4v) is 6.22. The lowest BCUT2D eigenvalue weighted by Gasteiger charge is -2.35. The molecule has 146 valence electrons. The van der Waals surface area contributed by atoms with E-state index < -0.39 is 0 Å². The van der Waals surface area contributed by atoms with E-state index in [1.165, 1.54) is 28.6 Å². The first-order valence-corrected chi connectivity index (χ1v) is 11.3. The number of nitrogen functional groups attached to an aromatic ring is 1. The van der Waals surface area contributed by atoms with Crippen LogP contribution in [0, 0.1) is 5.92 Å². The molecule has 0 bridgehead atoms. The number of amides is 1. The number of aryl methyl sites for hydroxylation is 1. The third-order valence-electron chi connectivity index (χ3n) is 5.26. The molecule has 1 aliphatic heterocycles. The number of carbonyl (C=O) groups excluding carboxylic acids is 1. The van der Waals surface area contributed by atoms with Gasteiger partial charge < -0.3 is 15.4 Å². The number of rotatable bonds is 3. The van der Waals surface area contributed by atoms with E-state index in [9.17, 15) is 4.79 Å². The predicted molar refractivity (Wildman–Crippen MR) is 110 cm³/mol. The SMILES string of the molecule is C[C@@H]1CCc2c(sc3nc(SCC(=O)N4C[C@@H](C)O[C@@H](C)C4)nc(N)c23)C1. The summed E-state index contributed by atoms with van der Waals surface area (Å²) in [7, 11) is 0. The van der Waals surface area contributed by atoms with E-state index in [-0.39, 0.29) is 18.1 Å². The summed E-state index contributed by atoms with van der Waals surface area (Å²) in [5, 5.41) is 1.63. The molecule has 1 saturated heterocycles. The van der Waals surface area contributed by atoms with Crippen LogP contribution in [0.4, 0.5) is 5.82 Å². The molecule has 4 rings (SSSR count). The fourth-order valence-electron chi connectivity index (χ4n) is 4.01. The maximum absolute atomic E-state index is 12.6. The number of hydrogen-bond donors (Lipinski definition) is 1. The molecule has 1 amide bonds. The largest absolute Gasteiger partial charge is 0.383 e. The molecule has 2 aromatic heterocycles. The van der Waals surface area contributed by atoms with Crippen LogP contribution in [0.15, 0.2) is 5.16 Å². The minimum atomic E-state index is 0.0748. The number of thioether (sulfide) groups is 1. The summed E-state index contributed by atoms with van der Waals surface area (Å²) in [4.78, 5) is 26.0. The van der Waals surface area contributed by atoms with E-state index in [0.717, 1.165) is 23.1 Å². The number of thiophene rings is 1. The topological polar surface area (TPSA) is 81.3 Å². The van der Waals surface area contributed by atoms with Gasteiger partial charge in [0.05, 0.1) is 23.3 Å². The summed E-state index contributed by atoms with van der Waals surface area (Å²) in [6.07, 6.45) is 3.50.